The van der Waals surface area contributed by atoms with Gasteiger partial charge in [0, 0.05) is 40.4 Å². The zero-order valence-electron chi connectivity index (χ0n) is 31.0. The second-order valence-electron chi connectivity index (χ2n) is 15.3. The van der Waals surface area contributed by atoms with Gasteiger partial charge in [0.05, 0.1) is 40.8 Å². The Labute approximate surface area is 334 Å². The Balaban J connectivity index is 1.15. The highest BCUT2D eigenvalue weighted by molar-refractivity contribution is 7.22. The zero-order valence-corrected chi connectivity index (χ0v) is 32.6. The summed E-state index contributed by atoms with van der Waals surface area (Å²) in [5.74, 6) is -7.85. The van der Waals surface area contributed by atoms with Crippen LogP contribution in [0.4, 0.5) is 11.5 Å². The van der Waals surface area contributed by atoms with Crippen LogP contribution < -0.4 is 14.5 Å². The molecule has 15 heteroatoms. The number of fused-ring (bicyclic) bond motifs is 5. The molecule has 9 rings (SSSR count). The maximum atomic E-state index is 15.1. The fraction of sp³-hybridized carbons (Fsp3) is 0.286. The minimum atomic E-state index is -1.45. The molecular formula is C42H35ClN4O9S. The van der Waals surface area contributed by atoms with E-state index >= 15 is 4.79 Å². The number of aromatic hydroxyl groups is 2. The van der Waals surface area contributed by atoms with Crippen molar-refractivity contribution in [2.24, 2.45) is 36.1 Å². The van der Waals surface area contributed by atoms with Crippen LogP contribution in [0.1, 0.15) is 47.2 Å². The number of aryl methyl sites for hydroxylation is 2. The molecule has 5 aromatic rings. The number of phenolic OH excluding ortho intramolecular Hbond substituents is 1. The lowest BCUT2D eigenvalue weighted by Crippen LogP contribution is -2.49. The van der Waals surface area contributed by atoms with E-state index in [0.717, 1.165) is 37.6 Å². The quantitative estimate of drug-likeness (QED) is 0.122. The summed E-state index contributed by atoms with van der Waals surface area (Å²) in [6.45, 7) is 3.70. The number of carbonyl (C=O) groups excluding carboxylic acids is 4. The van der Waals surface area contributed by atoms with Crippen molar-refractivity contribution >= 4 is 74.1 Å². The summed E-state index contributed by atoms with van der Waals surface area (Å²) >= 11 is 7.83. The van der Waals surface area contributed by atoms with E-state index in [0.29, 0.717) is 27.6 Å². The first-order valence-electron chi connectivity index (χ1n) is 18.3. The van der Waals surface area contributed by atoms with Gasteiger partial charge in [0.15, 0.2) is 0 Å². The summed E-state index contributed by atoms with van der Waals surface area (Å²) < 4.78 is 8.05. The molecule has 13 nitrogen and oxygen atoms in total. The molecule has 0 spiro atoms. The Hall–Kier alpha value is -5.99. The van der Waals surface area contributed by atoms with Crippen molar-refractivity contribution in [2.45, 2.75) is 32.6 Å². The molecule has 3 fully saturated rings. The molecule has 4 heterocycles. The summed E-state index contributed by atoms with van der Waals surface area (Å²) in [5.41, 5.74) is 0.708. The molecule has 0 unspecified atom stereocenters. The lowest BCUT2D eigenvalue weighted by atomic mass is 9.51. The second-order valence-corrected chi connectivity index (χ2v) is 16.8. The van der Waals surface area contributed by atoms with Crippen molar-refractivity contribution in [1.82, 2.24) is 9.78 Å². The van der Waals surface area contributed by atoms with E-state index in [9.17, 15) is 34.5 Å². The number of benzene rings is 3. The van der Waals surface area contributed by atoms with Gasteiger partial charge in [-0.2, -0.15) is 5.10 Å². The molecule has 2 aromatic heterocycles. The van der Waals surface area contributed by atoms with Crippen molar-refractivity contribution in [3.8, 4) is 27.8 Å². The van der Waals surface area contributed by atoms with Gasteiger partial charge in [-0.1, -0.05) is 23.3 Å². The van der Waals surface area contributed by atoms with E-state index in [1.807, 2.05) is 31.2 Å². The fourth-order valence-electron chi connectivity index (χ4n) is 9.78. The van der Waals surface area contributed by atoms with Crippen molar-refractivity contribution in [2.75, 3.05) is 16.9 Å². The van der Waals surface area contributed by atoms with Crippen molar-refractivity contribution in [1.29, 1.82) is 0 Å². The molecule has 0 bridgehead atoms. The van der Waals surface area contributed by atoms with E-state index in [1.54, 1.807) is 32.2 Å². The number of hydrogen-bond acceptors (Lipinski definition) is 10. The van der Waals surface area contributed by atoms with Crippen LogP contribution in [0.5, 0.6) is 17.2 Å². The number of rotatable bonds is 6. The summed E-state index contributed by atoms with van der Waals surface area (Å²) in [6.07, 6.45) is 2.05. The highest BCUT2D eigenvalue weighted by Crippen LogP contribution is 2.65. The van der Waals surface area contributed by atoms with E-state index < -0.39 is 70.4 Å². The number of carboxylic acids is 1. The van der Waals surface area contributed by atoms with Gasteiger partial charge in [0.2, 0.25) is 23.6 Å². The first-order valence-corrected chi connectivity index (χ1v) is 19.5. The standard InChI is InChI=1S/C42H35ClN4O9S/c1-18-25-13-19(43)5-12-32(25)57-36(18)29-17-33(45(3)44-29)47-38(51)28-16-26-22(35(42(28,2)41(47)55)27-15-21(56-4)7-11-30(27)48)9-10-24-34(26)39(52)46(37(24)50)20-6-8-23(40(53)54)31(49)14-20/h5-9,11-15,17,24,26,28,34-35,48-49H,10,16H2,1-4H3,(H,53,54)/t24-,26+,28-,34-,35+,42+/m0/s1. The third kappa shape index (κ3) is 5.12. The predicted molar refractivity (Wildman–Crippen MR) is 211 cm³/mol. The summed E-state index contributed by atoms with van der Waals surface area (Å²) in [7, 11) is 3.14. The second kappa shape index (κ2) is 12.8. The molecule has 4 aliphatic rings. The van der Waals surface area contributed by atoms with Crippen LogP contribution in [0.3, 0.4) is 0 Å². The van der Waals surface area contributed by atoms with E-state index in [2.05, 4.69) is 0 Å². The van der Waals surface area contributed by atoms with E-state index in [-0.39, 0.29) is 35.7 Å². The Bertz CT molecular complexity index is 2680. The molecule has 0 radical (unpaired) electrons. The highest BCUT2D eigenvalue weighted by atomic mass is 35.5. The topological polar surface area (TPSA) is 180 Å². The summed E-state index contributed by atoms with van der Waals surface area (Å²) in [4.78, 5) is 73.1. The van der Waals surface area contributed by atoms with Gasteiger partial charge in [0.25, 0.3) is 0 Å². The molecule has 4 amide bonds. The molecule has 3 N–H and O–H groups in total. The number of ether oxygens (including phenoxy) is 1. The Morgan fingerprint density at radius 2 is 1.72 bits per heavy atom. The average molecular weight is 807 g/mol. The SMILES string of the molecule is COc1ccc(O)c([C@H]2C3=CC[C@@H]4C(=O)N(c5ccc(C(=O)O)c(O)c5)C(=O)[C@@H]4[C@@H]3C[C@H]3C(=O)N(c4cc(-c5sc6ccc(Cl)cc6c5C)nn4C)C(=O)[C@@]23C)c1. The third-order valence-corrected chi connectivity index (χ3v) is 14.0. The molecule has 6 atom stereocenters. The number of anilines is 2. The number of carboxylic acid groups (broad SMARTS) is 1. The summed E-state index contributed by atoms with van der Waals surface area (Å²) in [5, 5.41) is 37.7. The van der Waals surface area contributed by atoms with Crippen molar-refractivity contribution < 1.29 is 44.0 Å². The van der Waals surface area contributed by atoms with E-state index in [4.69, 9.17) is 21.4 Å². The highest BCUT2D eigenvalue weighted by Gasteiger charge is 2.68. The predicted octanol–water partition coefficient (Wildman–Crippen LogP) is 6.82. The number of aromatic nitrogens is 2. The monoisotopic (exact) mass is 806 g/mol. The molecule has 2 aliphatic heterocycles. The van der Waals surface area contributed by atoms with Crippen molar-refractivity contribution in [3.05, 3.63) is 94.0 Å². The Kier molecular flexibility index (Phi) is 8.20. The lowest BCUT2D eigenvalue weighted by Gasteiger charge is -2.49. The van der Waals surface area contributed by atoms with Crippen molar-refractivity contribution in [3.63, 3.8) is 0 Å². The van der Waals surface area contributed by atoms with Crippen LogP contribution in [0.15, 0.2) is 72.3 Å². The smallest absolute Gasteiger partial charge is 0.339 e. The number of carbonyl (C=O) groups is 5. The van der Waals surface area contributed by atoms with Gasteiger partial charge in [-0.05, 0) is 92.1 Å². The number of hydrogen-bond donors (Lipinski definition) is 3. The third-order valence-electron chi connectivity index (χ3n) is 12.5. The van der Waals surface area contributed by atoms with Crippen LogP contribution in [-0.2, 0) is 26.2 Å². The number of methoxy groups -OCH3 is 1. The number of imide groups is 2. The van der Waals surface area contributed by atoms with Gasteiger partial charge in [-0.25, -0.2) is 14.6 Å². The molecule has 57 heavy (non-hydrogen) atoms. The zero-order chi connectivity index (χ0) is 40.4. The fourth-order valence-corrected chi connectivity index (χ4v) is 11.1. The van der Waals surface area contributed by atoms with Gasteiger partial charge >= 0.3 is 5.97 Å². The Morgan fingerprint density at radius 3 is 2.44 bits per heavy atom. The maximum Gasteiger partial charge on any atom is 0.339 e. The number of nitrogens with zero attached hydrogens (tertiary/aromatic N) is 4. The minimum absolute atomic E-state index is 0.0216. The molecule has 3 aromatic carbocycles. The first kappa shape index (κ1) is 36.6. The largest absolute Gasteiger partial charge is 0.508 e. The summed E-state index contributed by atoms with van der Waals surface area (Å²) in [6, 6.07) is 15.6. The van der Waals surface area contributed by atoms with Gasteiger partial charge in [0.1, 0.15) is 34.3 Å². The first-order chi connectivity index (χ1) is 27.1. The number of amides is 4. The van der Waals surface area contributed by atoms with Crippen LogP contribution >= 0.6 is 22.9 Å². The molecule has 1 saturated carbocycles. The normalized spacial score (nSPS) is 25.5. The Morgan fingerprint density at radius 1 is 0.947 bits per heavy atom. The number of allylic oxidation sites excluding steroid dienone is 2. The average Bonchev–Trinajstić information content (AvgIpc) is 3.85. The maximum absolute atomic E-state index is 15.1. The van der Waals surface area contributed by atoms with Gasteiger partial charge in [-0.15, -0.1) is 11.3 Å². The molecular weight excluding hydrogens is 772 g/mol. The van der Waals surface area contributed by atoms with Crippen LogP contribution in [0.25, 0.3) is 20.7 Å². The lowest BCUT2D eigenvalue weighted by molar-refractivity contribution is -0.131. The number of phenols is 2. The minimum Gasteiger partial charge on any atom is -0.508 e. The number of aromatic carboxylic acids is 1. The molecule has 2 saturated heterocycles. The van der Waals surface area contributed by atoms with Gasteiger partial charge in [-0.3, -0.25) is 23.9 Å². The van der Waals surface area contributed by atoms with Crippen LogP contribution in [-0.4, -0.2) is 61.8 Å². The van der Waals surface area contributed by atoms with Crippen LogP contribution in [0, 0.1) is 36.0 Å². The van der Waals surface area contributed by atoms with E-state index in [1.165, 1.54) is 40.2 Å². The van der Waals surface area contributed by atoms with Crippen LogP contribution in [0.2, 0.25) is 5.02 Å². The molecule has 290 valence electrons. The van der Waals surface area contributed by atoms with Gasteiger partial charge < -0.3 is 20.1 Å². The molecule has 2 aliphatic carbocycles. The number of thiophene rings is 1. The number of halogens is 1.